The zero-order valence-corrected chi connectivity index (χ0v) is 21.0. The third kappa shape index (κ3) is 4.01. The number of furan rings is 1. The number of fused-ring (bicyclic) bond motifs is 3. The van der Waals surface area contributed by atoms with Crippen molar-refractivity contribution in [2.45, 2.75) is 71.6 Å². The number of hydrogen-bond acceptors (Lipinski definition) is 4. The highest BCUT2D eigenvalue weighted by atomic mass is 16.5. The van der Waals surface area contributed by atoms with Gasteiger partial charge in [-0.1, -0.05) is 44.9 Å². The number of nitrogens with zero attached hydrogens (tertiary/aromatic N) is 2. The number of aromatic nitrogens is 1. The normalized spacial score (nSPS) is 26.6. The van der Waals surface area contributed by atoms with Crippen LogP contribution in [0.1, 0.15) is 63.0 Å². The van der Waals surface area contributed by atoms with Gasteiger partial charge < -0.3 is 23.9 Å². The lowest BCUT2D eigenvalue weighted by Gasteiger charge is -2.45. The van der Waals surface area contributed by atoms with Gasteiger partial charge in [0.05, 0.1) is 31.5 Å². The predicted octanol–water partition coefficient (Wildman–Crippen LogP) is 4.99. The van der Waals surface area contributed by atoms with E-state index in [0.717, 1.165) is 29.7 Å². The number of amides is 2. The zero-order valence-electron chi connectivity index (χ0n) is 21.0. The minimum absolute atomic E-state index is 0.107. The molecule has 1 aliphatic heterocycles. The third-order valence-electron chi connectivity index (χ3n) is 8.16. The summed E-state index contributed by atoms with van der Waals surface area (Å²) in [6.45, 7) is 9.47. The number of carbonyl (C=O) groups excluding carboxylic acids is 2. The van der Waals surface area contributed by atoms with E-state index in [0.29, 0.717) is 36.3 Å². The Kier molecular flexibility index (Phi) is 6.11. The Hall–Kier alpha value is -3.22. The lowest BCUT2D eigenvalue weighted by molar-refractivity contribution is -0.134. The molecule has 1 N–H and O–H groups in total. The molecule has 0 radical (unpaired) electrons. The molecule has 0 bridgehead atoms. The molecule has 5 rings (SSSR count). The molecule has 4 atom stereocenters. The molecule has 3 heterocycles. The van der Waals surface area contributed by atoms with E-state index in [-0.39, 0.29) is 24.4 Å². The highest BCUT2D eigenvalue weighted by Gasteiger charge is 2.49. The third-order valence-corrected chi connectivity index (χ3v) is 8.16. The van der Waals surface area contributed by atoms with Crippen LogP contribution in [0.25, 0.3) is 11.1 Å². The smallest absolute Gasteiger partial charge is 0.271 e. The van der Waals surface area contributed by atoms with E-state index in [2.05, 4.69) is 19.2 Å². The highest BCUT2D eigenvalue weighted by Crippen LogP contribution is 2.36. The first-order chi connectivity index (χ1) is 16.8. The summed E-state index contributed by atoms with van der Waals surface area (Å²) in [5.74, 6) is 1.39. The summed E-state index contributed by atoms with van der Waals surface area (Å²) >= 11 is 0. The Bertz CT molecular complexity index is 1240. The fourth-order valence-corrected chi connectivity index (χ4v) is 5.73. The van der Waals surface area contributed by atoms with Gasteiger partial charge >= 0.3 is 0 Å². The molecule has 7 nitrogen and oxygen atoms in total. The first kappa shape index (κ1) is 23.5. The Morgan fingerprint density at radius 2 is 2.03 bits per heavy atom. The van der Waals surface area contributed by atoms with Crippen molar-refractivity contribution in [1.29, 1.82) is 0 Å². The SMILES string of the molecule is CCOc1ccccc1CN1C(=O)c2cc3occc3n2C[C@]1(C)C(=O)N[C@@H]1CCC[C@@H](C)[C@H]1C. The summed E-state index contributed by atoms with van der Waals surface area (Å²) < 4.78 is 13.4. The van der Waals surface area contributed by atoms with Crippen molar-refractivity contribution in [3.8, 4) is 5.75 Å². The van der Waals surface area contributed by atoms with Gasteiger partial charge in [-0.05, 0) is 38.2 Å². The lowest BCUT2D eigenvalue weighted by atomic mass is 9.77. The van der Waals surface area contributed by atoms with Gasteiger partial charge in [-0.25, -0.2) is 0 Å². The van der Waals surface area contributed by atoms with E-state index in [1.165, 1.54) is 6.42 Å². The molecule has 35 heavy (non-hydrogen) atoms. The van der Waals surface area contributed by atoms with Crippen LogP contribution in [0.4, 0.5) is 0 Å². The van der Waals surface area contributed by atoms with Gasteiger partial charge in [0.25, 0.3) is 5.91 Å². The molecule has 1 fully saturated rings. The van der Waals surface area contributed by atoms with Crippen molar-refractivity contribution in [2.24, 2.45) is 11.8 Å². The topological polar surface area (TPSA) is 76.7 Å². The van der Waals surface area contributed by atoms with Gasteiger partial charge in [-0.15, -0.1) is 0 Å². The van der Waals surface area contributed by atoms with Crippen LogP contribution in [0.3, 0.4) is 0 Å². The summed E-state index contributed by atoms with van der Waals surface area (Å²) in [6, 6.07) is 11.5. The lowest BCUT2D eigenvalue weighted by Crippen LogP contribution is -2.65. The maximum atomic E-state index is 14.0. The molecule has 0 spiro atoms. The number of nitrogens with one attached hydrogen (secondary N) is 1. The Labute approximate surface area is 206 Å². The second-order valence-corrected chi connectivity index (χ2v) is 10.3. The number of benzene rings is 1. The van der Waals surface area contributed by atoms with Gasteiger partial charge in [-0.2, -0.15) is 0 Å². The quantitative estimate of drug-likeness (QED) is 0.543. The van der Waals surface area contributed by atoms with Gasteiger partial charge in [0.2, 0.25) is 5.91 Å². The Morgan fingerprint density at radius 1 is 1.23 bits per heavy atom. The van der Waals surface area contributed by atoms with Crippen LogP contribution in [-0.4, -0.2) is 39.5 Å². The molecular weight excluding hydrogens is 442 g/mol. The molecule has 0 unspecified atom stereocenters. The van der Waals surface area contributed by atoms with Crippen LogP contribution in [0.15, 0.2) is 47.1 Å². The number of rotatable bonds is 6. The van der Waals surface area contributed by atoms with Gasteiger partial charge in [-0.3, -0.25) is 9.59 Å². The number of para-hydroxylation sites is 1. The minimum Gasteiger partial charge on any atom is -0.494 e. The molecule has 186 valence electrons. The maximum absolute atomic E-state index is 14.0. The summed E-state index contributed by atoms with van der Waals surface area (Å²) in [5.41, 5.74) is 1.83. The second-order valence-electron chi connectivity index (χ2n) is 10.3. The Balaban J connectivity index is 1.53. The first-order valence-electron chi connectivity index (χ1n) is 12.7. The molecule has 0 saturated heterocycles. The van der Waals surface area contributed by atoms with E-state index < -0.39 is 5.54 Å². The van der Waals surface area contributed by atoms with Crippen molar-refractivity contribution < 1.29 is 18.7 Å². The number of carbonyl (C=O) groups is 2. The van der Waals surface area contributed by atoms with Crippen molar-refractivity contribution >= 4 is 22.9 Å². The minimum atomic E-state index is -1.08. The van der Waals surface area contributed by atoms with Gasteiger partial charge in [0.1, 0.15) is 17.0 Å². The fraction of sp³-hybridized carbons (Fsp3) is 0.500. The van der Waals surface area contributed by atoms with Gasteiger partial charge in [0, 0.05) is 23.7 Å². The van der Waals surface area contributed by atoms with Crippen LogP contribution >= 0.6 is 0 Å². The van der Waals surface area contributed by atoms with Crippen LogP contribution < -0.4 is 10.1 Å². The van der Waals surface area contributed by atoms with Crippen LogP contribution in [0, 0.1) is 11.8 Å². The molecule has 3 aromatic rings. The first-order valence-corrected chi connectivity index (χ1v) is 12.7. The molecule has 2 aromatic heterocycles. The summed E-state index contributed by atoms with van der Waals surface area (Å²) in [5, 5.41) is 3.35. The van der Waals surface area contributed by atoms with E-state index in [9.17, 15) is 9.59 Å². The maximum Gasteiger partial charge on any atom is 0.271 e. The molecule has 7 heteroatoms. The standard InChI is InChI=1S/C28H35N3O4/c1-5-34-24-12-7-6-10-20(24)16-31-26(32)23-15-25-22(13-14-35-25)30(23)17-28(31,4)27(33)29-21-11-8-9-18(2)19(21)3/h6-7,10,12-15,18-19,21H,5,8-9,11,16-17H2,1-4H3,(H,29,33)/t18-,19-,21-,28-/m1/s1. The van der Waals surface area contributed by atoms with Gasteiger partial charge in [0.15, 0.2) is 5.58 Å². The van der Waals surface area contributed by atoms with Crippen molar-refractivity contribution in [2.75, 3.05) is 6.61 Å². The largest absolute Gasteiger partial charge is 0.494 e. The van der Waals surface area contributed by atoms with Crippen LogP contribution in [0.2, 0.25) is 0 Å². The van der Waals surface area contributed by atoms with E-state index in [1.807, 2.05) is 48.7 Å². The van der Waals surface area contributed by atoms with E-state index in [1.54, 1.807) is 17.2 Å². The summed E-state index contributed by atoms with van der Waals surface area (Å²) in [4.78, 5) is 29.7. The number of hydrogen-bond donors (Lipinski definition) is 1. The van der Waals surface area contributed by atoms with Crippen molar-refractivity contribution in [3.05, 3.63) is 53.9 Å². The zero-order chi connectivity index (χ0) is 24.7. The fourth-order valence-electron chi connectivity index (χ4n) is 5.73. The molecule has 1 saturated carbocycles. The second kappa shape index (κ2) is 9.10. The monoisotopic (exact) mass is 477 g/mol. The molecule has 2 amide bonds. The molecule has 1 aliphatic carbocycles. The molecule has 2 aliphatic rings. The summed E-state index contributed by atoms with van der Waals surface area (Å²) in [6.07, 6.45) is 4.88. The summed E-state index contributed by atoms with van der Waals surface area (Å²) in [7, 11) is 0. The average molecular weight is 478 g/mol. The van der Waals surface area contributed by atoms with Crippen molar-refractivity contribution in [1.82, 2.24) is 14.8 Å². The molecular formula is C28H35N3O4. The van der Waals surface area contributed by atoms with E-state index in [4.69, 9.17) is 9.15 Å². The Morgan fingerprint density at radius 3 is 2.83 bits per heavy atom. The van der Waals surface area contributed by atoms with E-state index >= 15 is 0 Å². The predicted molar refractivity (Wildman–Crippen MR) is 134 cm³/mol. The van der Waals surface area contributed by atoms with Crippen LogP contribution in [-0.2, 0) is 17.9 Å². The van der Waals surface area contributed by atoms with Crippen LogP contribution in [0.5, 0.6) is 5.75 Å². The number of ether oxygens (including phenoxy) is 1. The van der Waals surface area contributed by atoms with Crippen molar-refractivity contribution in [3.63, 3.8) is 0 Å². The molecule has 1 aromatic carbocycles. The highest BCUT2D eigenvalue weighted by molar-refractivity contribution is 6.03. The average Bonchev–Trinajstić information content (AvgIpc) is 3.43.